The number of piperidine rings is 1. The van der Waals surface area contributed by atoms with Crippen LogP contribution in [0, 0.1) is 5.92 Å². The lowest BCUT2D eigenvalue weighted by atomic mass is 9.99. The lowest BCUT2D eigenvalue weighted by molar-refractivity contribution is 0.0953. The van der Waals surface area contributed by atoms with Gasteiger partial charge in [0.25, 0.3) is 5.91 Å². The highest BCUT2D eigenvalue weighted by Gasteiger charge is 2.17. The van der Waals surface area contributed by atoms with E-state index in [1.807, 2.05) is 23.7 Å². The molecule has 3 rings (SSSR count). The molecule has 2 aromatic rings. The molecule has 0 bridgehead atoms. The molecule has 2 aromatic heterocycles. The van der Waals surface area contributed by atoms with Crippen LogP contribution in [0.4, 0.5) is 5.82 Å². The van der Waals surface area contributed by atoms with Crippen molar-refractivity contribution in [1.82, 2.24) is 25.1 Å². The van der Waals surface area contributed by atoms with E-state index < -0.39 is 0 Å². The molecule has 0 radical (unpaired) electrons. The number of carbonyl (C=O) groups is 1. The fourth-order valence-electron chi connectivity index (χ4n) is 2.87. The van der Waals surface area contributed by atoms with Gasteiger partial charge in [0.2, 0.25) is 0 Å². The molecule has 24 heavy (non-hydrogen) atoms. The molecule has 7 heteroatoms. The van der Waals surface area contributed by atoms with E-state index in [1.165, 1.54) is 12.8 Å². The van der Waals surface area contributed by atoms with Crippen LogP contribution in [0.15, 0.2) is 24.7 Å². The van der Waals surface area contributed by atoms with E-state index in [4.69, 9.17) is 0 Å². The third-order valence-corrected chi connectivity index (χ3v) is 4.56. The first kappa shape index (κ1) is 16.4. The molecule has 0 saturated carbocycles. The van der Waals surface area contributed by atoms with Gasteiger partial charge in [-0.2, -0.15) is 0 Å². The number of anilines is 1. The molecule has 0 aromatic carbocycles. The fraction of sp³-hybridized carbons (Fsp3) is 0.529. The Morgan fingerprint density at radius 3 is 2.75 bits per heavy atom. The van der Waals surface area contributed by atoms with Gasteiger partial charge in [-0.1, -0.05) is 6.92 Å². The number of amides is 1. The summed E-state index contributed by atoms with van der Waals surface area (Å²) in [7, 11) is 1.89. The lowest BCUT2D eigenvalue weighted by Gasteiger charge is -2.31. The van der Waals surface area contributed by atoms with Crippen LogP contribution in [-0.2, 0) is 13.5 Å². The minimum Gasteiger partial charge on any atom is -0.357 e. The number of rotatable bonds is 5. The molecule has 3 heterocycles. The standard InChI is InChI=1S/C17H24N6O/c1-13-6-9-23(10-7-13)15-4-3-14(11-19-15)17(24)18-8-5-16-21-20-12-22(16)2/h3-4,11-13H,5-10H2,1-2H3,(H,18,24). The van der Waals surface area contributed by atoms with Crippen LogP contribution in [0.1, 0.15) is 35.9 Å². The predicted molar refractivity (Wildman–Crippen MR) is 91.9 cm³/mol. The molecule has 1 aliphatic rings. The largest absolute Gasteiger partial charge is 0.357 e. The van der Waals surface area contributed by atoms with E-state index in [-0.39, 0.29) is 5.91 Å². The summed E-state index contributed by atoms with van der Waals surface area (Å²) in [6.45, 7) is 4.89. The van der Waals surface area contributed by atoms with Gasteiger partial charge in [-0.05, 0) is 30.9 Å². The van der Waals surface area contributed by atoms with E-state index in [2.05, 4.69) is 32.3 Å². The third-order valence-electron chi connectivity index (χ3n) is 4.56. The molecule has 1 fully saturated rings. The highest BCUT2D eigenvalue weighted by molar-refractivity contribution is 5.94. The van der Waals surface area contributed by atoms with E-state index in [1.54, 1.807) is 12.5 Å². The Labute approximate surface area is 142 Å². The smallest absolute Gasteiger partial charge is 0.252 e. The molecule has 0 aliphatic carbocycles. The van der Waals surface area contributed by atoms with Crippen LogP contribution >= 0.6 is 0 Å². The molecule has 1 amide bonds. The van der Waals surface area contributed by atoms with Gasteiger partial charge in [0, 0.05) is 39.3 Å². The van der Waals surface area contributed by atoms with Crippen LogP contribution in [0.5, 0.6) is 0 Å². The third kappa shape index (κ3) is 3.90. The Kier molecular flexibility index (Phi) is 5.08. The van der Waals surface area contributed by atoms with Gasteiger partial charge in [-0.25, -0.2) is 4.98 Å². The van der Waals surface area contributed by atoms with Gasteiger partial charge in [-0.15, -0.1) is 10.2 Å². The van der Waals surface area contributed by atoms with Gasteiger partial charge < -0.3 is 14.8 Å². The van der Waals surface area contributed by atoms with Crippen LogP contribution in [-0.4, -0.2) is 45.3 Å². The first-order chi connectivity index (χ1) is 11.6. The van der Waals surface area contributed by atoms with Crippen molar-refractivity contribution in [2.24, 2.45) is 13.0 Å². The van der Waals surface area contributed by atoms with Crippen molar-refractivity contribution in [3.63, 3.8) is 0 Å². The van der Waals surface area contributed by atoms with Crippen LogP contribution in [0.3, 0.4) is 0 Å². The molecule has 7 nitrogen and oxygen atoms in total. The minimum atomic E-state index is -0.108. The monoisotopic (exact) mass is 328 g/mol. The fourth-order valence-corrected chi connectivity index (χ4v) is 2.87. The number of pyridine rings is 1. The van der Waals surface area contributed by atoms with Gasteiger partial charge in [-0.3, -0.25) is 4.79 Å². The van der Waals surface area contributed by atoms with Crippen molar-refractivity contribution in [3.8, 4) is 0 Å². The summed E-state index contributed by atoms with van der Waals surface area (Å²) < 4.78 is 1.85. The zero-order valence-corrected chi connectivity index (χ0v) is 14.3. The average Bonchev–Trinajstić information content (AvgIpc) is 3.01. The maximum absolute atomic E-state index is 12.2. The Bertz CT molecular complexity index is 673. The maximum Gasteiger partial charge on any atom is 0.252 e. The summed E-state index contributed by atoms with van der Waals surface area (Å²) >= 11 is 0. The molecular weight excluding hydrogens is 304 g/mol. The summed E-state index contributed by atoms with van der Waals surface area (Å²) in [6, 6.07) is 3.78. The van der Waals surface area contributed by atoms with Crippen LogP contribution in [0.2, 0.25) is 0 Å². The number of hydrogen-bond donors (Lipinski definition) is 1. The second-order valence-corrected chi connectivity index (χ2v) is 6.44. The van der Waals surface area contributed by atoms with E-state index in [0.717, 1.165) is 30.6 Å². The van der Waals surface area contributed by atoms with E-state index >= 15 is 0 Å². The molecule has 0 atom stereocenters. The number of carbonyl (C=O) groups excluding carboxylic acids is 1. The highest BCUT2D eigenvalue weighted by Crippen LogP contribution is 2.21. The molecule has 0 spiro atoms. The second-order valence-electron chi connectivity index (χ2n) is 6.44. The van der Waals surface area contributed by atoms with Crippen LogP contribution in [0.25, 0.3) is 0 Å². The molecule has 0 unspecified atom stereocenters. The Morgan fingerprint density at radius 2 is 2.12 bits per heavy atom. The highest BCUT2D eigenvalue weighted by atomic mass is 16.1. The van der Waals surface area contributed by atoms with Crippen molar-refractivity contribution in [3.05, 3.63) is 36.0 Å². The van der Waals surface area contributed by atoms with Gasteiger partial charge >= 0.3 is 0 Å². The summed E-state index contributed by atoms with van der Waals surface area (Å²) in [4.78, 5) is 18.9. The number of nitrogens with zero attached hydrogens (tertiary/aromatic N) is 5. The molecule has 1 saturated heterocycles. The summed E-state index contributed by atoms with van der Waals surface area (Å²) in [6.07, 6.45) is 6.36. The van der Waals surface area contributed by atoms with Crippen molar-refractivity contribution in [1.29, 1.82) is 0 Å². The number of hydrogen-bond acceptors (Lipinski definition) is 5. The summed E-state index contributed by atoms with van der Waals surface area (Å²) in [5.41, 5.74) is 0.585. The maximum atomic E-state index is 12.2. The first-order valence-corrected chi connectivity index (χ1v) is 8.45. The molecule has 1 N–H and O–H groups in total. The number of aryl methyl sites for hydroxylation is 1. The van der Waals surface area contributed by atoms with Crippen molar-refractivity contribution >= 4 is 11.7 Å². The normalized spacial score (nSPS) is 15.5. The van der Waals surface area contributed by atoms with Crippen molar-refractivity contribution in [2.45, 2.75) is 26.2 Å². The SMILES string of the molecule is CC1CCN(c2ccc(C(=O)NCCc3nncn3C)cn2)CC1. The molecular formula is C17H24N6O. The number of nitrogens with one attached hydrogen (secondary N) is 1. The van der Waals surface area contributed by atoms with Crippen molar-refractivity contribution in [2.75, 3.05) is 24.5 Å². The Hall–Kier alpha value is -2.44. The second kappa shape index (κ2) is 7.42. The zero-order chi connectivity index (χ0) is 16.9. The van der Waals surface area contributed by atoms with Gasteiger partial charge in [0.1, 0.15) is 18.0 Å². The number of aromatic nitrogens is 4. The molecule has 128 valence electrons. The van der Waals surface area contributed by atoms with Gasteiger partial charge in [0.05, 0.1) is 5.56 Å². The van der Waals surface area contributed by atoms with Crippen molar-refractivity contribution < 1.29 is 4.79 Å². The average molecular weight is 328 g/mol. The van der Waals surface area contributed by atoms with E-state index in [0.29, 0.717) is 18.5 Å². The van der Waals surface area contributed by atoms with Gasteiger partial charge in [0.15, 0.2) is 0 Å². The first-order valence-electron chi connectivity index (χ1n) is 8.45. The Balaban J connectivity index is 1.51. The predicted octanol–water partition coefficient (Wildman–Crippen LogP) is 1.42. The summed E-state index contributed by atoms with van der Waals surface area (Å²) in [5, 5.41) is 10.7. The Morgan fingerprint density at radius 1 is 1.33 bits per heavy atom. The quantitative estimate of drug-likeness (QED) is 0.898. The summed E-state index contributed by atoms with van der Waals surface area (Å²) in [5.74, 6) is 2.49. The van der Waals surface area contributed by atoms with E-state index in [9.17, 15) is 4.79 Å². The zero-order valence-electron chi connectivity index (χ0n) is 14.3. The van der Waals surface area contributed by atoms with Crippen LogP contribution < -0.4 is 10.2 Å². The minimum absolute atomic E-state index is 0.108. The topological polar surface area (TPSA) is 75.9 Å². The lowest BCUT2D eigenvalue weighted by Crippen LogP contribution is -2.33. The molecule has 1 aliphatic heterocycles.